The fraction of sp³-hybridized carbons (Fsp3) is 0.346. The molecule has 1 aromatic carbocycles. The van der Waals surface area contributed by atoms with Gasteiger partial charge in [0, 0.05) is 19.2 Å². The number of hydrogen-bond acceptors (Lipinski definition) is 8. The van der Waals surface area contributed by atoms with E-state index in [-0.39, 0.29) is 36.1 Å². The number of aliphatic hydroxyl groups excluding tert-OH is 2. The predicted octanol–water partition coefficient (Wildman–Crippen LogP) is 4.24. The normalized spacial score (nSPS) is 21.4. The van der Waals surface area contributed by atoms with Crippen molar-refractivity contribution >= 4 is 0 Å². The van der Waals surface area contributed by atoms with Crippen LogP contribution in [0.15, 0.2) is 47.3 Å². The molecule has 0 spiro atoms. The standard InChI is InChI=1S/C26H23F2N5O3/c27-16-2-1-3-17(28)23(16)18-10-15-14-4-7-26(8-5-14,24(15)33-32-18)22-12-29-11-19(30-22)25-31-20(13-36-25)21(35)6-9-34/h1-3,10-14,21,34-35H,4-9H2/t14?,21-,26?/m0/s1. The predicted molar refractivity (Wildman–Crippen MR) is 124 cm³/mol. The monoisotopic (exact) mass is 491 g/mol. The molecular weight excluding hydrogens is 468 g/mol. The third kappa shape index (κ3) is 3.59. The van der Waals surface area contributed by atoms with Crippen molar-refractivity contribution in [3.8, 4) is 22.8 Å². The molecule has 3 aliphatic rings. The zero-order valence-corrected chi connectivity index (χ0v) is 19.2. The minimum Gasteiger partial charge on any atom is -0.443 e. The van der Waals surface area contributed by atoms with Crippen LogP contribution in [0.3, 0.4) is 0 Å². The molecule has 4 aromatic rings. The highest BCUT2D eigenvalue weighted by molar-refractivity contribution is 5.62. The van der Waals surface area contributed by atoms with E-state index in [0.717, 1.165) is 36.9 Å². The number of benzene rings is 1. The summed E-state index contributed by atoms with van der Waals surface area (Å²) in [6, 6.07) is 5.52. The summed E-state index contributed by atoms with van der Waals surface area (Å²) in [5.41, 5.74) is 2.62. The van der Waals surface area contributed by atoms with Crippen molar-refractivity contribution in [3.05, 3.63) is 77.2 Å². The lowest BCUT2D eigenvalue weighted by Gasteiger charge is -2.46. The molecule has 36 heavy (non-hydrogen) atoms. The second kappa shape index (κ2) is 8.79. The summed E-state index contributed by atoms with van der Waals surface area (Å²) in [6.07, 6.45) is 7.18. The van der Waals surface area contributed by atoms with E-state index in [1.54, 1.807) is 18.5 Å². The van der Waals surface area contributed by atoms with Crippen molar-refractivity contribution in [1.82, 2.24) is 25.1 Å². The van der Waals surface area contributed by atoms with Gasteiger partial charge in [-0.3, -0.25) is 4.98 Å². The smallest absolute Gasteiger partial charge is 0.247 e. The molecule has 0 aliphatic heterocycles. The van der Waals surface area contributed by atoms with E-state index in [0.29, 0.717) is 17.1 Å². The minimum atomic E-state index is -0.938. The quantitative estimate of drug-likeness (QED) is 0.411. The van der Waals surface area contributed by atoms with Gasteiger partial charge in [0.1, 0.15) is 35.4 Å². The Bertz CT molecular complexity index is 1410. The zero-order valence-electron chi connectivity index (χ0n) is 19.2. The fourth-order valence-corrected chi connectivity index (χ4v) is 5.52. The van der Waals surface area contributed by atoms with Gasteiger partial charge < -0.3 is 14.6 Å². The molecule has 184 valence electrons. The van der Waals surface area contributed by atoms with Crippen molar-refractivity contribution in [2.45, 2.75) is 49.5 Å². The van der Waals surface area contributed by atoms with Gasteiger partial charge >= 0.3 is 0 Å². The van der Waals surface area contributed by atoms with E-state index in [1.165, 1.54) is 24.5 Å². The van der Waals surface area contributed by atoms with Crippen LogP contribution in [0.25, 0.3) is 22.8 Å². The Hall–Kier alpha value is -3.63. The van der Waals surface area contributed by atoms with Gasteiger partial charge in [0.25, 0.3) is 0 Å². The number of rotatable bonds is 6. The van der Waals surface area contributed by atoms with Gasteiger partial charge in [-0.2, -0.15) is 5.10 Å². The van der Waals surface area contributed by atoms with Gasteiger partial charge in [0.15, 0.2) is 0 Å². The van der Waals surface area contributed by atoms with Crippen LogP contribution in [0.2, 0.25) is 0 Å². The van der Waals surface area contributed by atoms with Gasteiger partial charge in [0.05, 0.1) is 34.3 Å². The molecule has 0 unspecified atom stereocenters. The third-order valence-corrected chi connectivity index (χ3v) is 7.38. The highest BCUT2D eigenvalue weighted by Gasteiger charge is 2.49. The topological polar surface area (TPSA) is 118 Å². The number of hydrogen-bond donors (Lipinski definition) is 2. The molecule has 1 saturated carbocycles. The summed E-state index contributed by atoms with van der Waals surface area (Å²) >= 11 is 0. The SMILES string of the molecule is OCC[C@H](O)c1coc(-c2cncc(C34CCC(CC3)c3cc(-c5c(F)cccc5F)nnc34)n2)n1. The highest BCUT2D eigenvalue weighted by atomic mass is 19.1. The largest absolute Gasteiger partial charge is 0.443 e. The summed E-state index contributed by atoms with van der Waals surface area (Å²) in [5.74, 6) is -0.890. The van der Waals surface area contributed by atoms with Gasteiger partial charge in [-0.1, -0.05) is 6.07 Å². The molecule has 2 bridgehead atoms. The number of oxazole rings is 1. The van der Waals surface area contributed by atoms with Crippen molar-refractivity contribution in [2.75, 3.05) is 6.61 Å². The maximum Gasteiger partial charge on any atom is 0.247 e. The van der Waals surface area contributed by atoms with Crippen LogP contribution in [-0.2, 0) is 5.41 Å². The molecule has 3 heterocycles. The van der Waals surface area contributed by atoms with Crippen molar-refractivity contribution in [3.63, 3.8) is 0 Å². The Morgan fingerprint density at radius 3 is 2.58 bits per heavy atom. The second-order valence-electron chi connectivity index (χ2n) is 9.38. The second-order valence-corrected chi connectivity index (χ2v) is 9.38. The number of halogens is 2. The van der Waals surface area contributed by atoms with Crippen LogP contribution in [0, 0.1) is 11.6 Å². The van der Waals surface area contributed by atoms with E-state index in [1.807, 2.05) is 0 Å². The Kier molecular flexibility index (Phi) is 5.57. The molecule has 0 saturated heterocycles. The molecular formula is C26H23F2N5O3. The van der Waals surface area contributed by atoms with Crippen molar-refractivity contribution < 1.29 is 23.4 Å². The number of nitrogens with zero attached hydrogens (tertiary/aromatic N) is 5. The highest BCUT2D eigenvalue weighted by Crippen LogP contribution is 2.55. The van der Waals surface area contributed by atoms with Gasteiger partial charge in [-0.25, -0.2) is 18.7 Å². The molecule has 2 N–H and O–H groups in total. The molecule has 7 rings (SSSR count). The van der Waals surface area contributed by atoms with Crippen LogP contribution in [-0.4, -0.2) is 42.0 Å². The molecule has 0 amide bonds. The van der Waals surface area contributed by atoms with E-state index in [4.69, 9.17) is 14.5 Å². The van der Waals surface area contributed by atoms with E-state index in [9.17, 15) is 13.9 Å². The summed E-state index contributed by atoms with van der Waals surface area (Å²) in [7, 11) is 0. The van der Waals surface area contributed by atoms with Gasteiger partial charge in [-0.05, 0) is 55.4 Å². The van der Waals surface area contributed by atoms with E-state index < -0.39 is 23.2 Å². The van der Waals surface area contributed by atoms with Gasteiger partial charge in [0.2, 0.25) is 5.89 Å². The van der Waals surface area contributed by atoms with Gasteiger partial charge in [-0.15, -0.1) is 5.10 Å². The van der Waals surface area contributed by atoms with Crippen LogP contribution >= 0.6 is 0 Å². The van der Waals surface area contributed by atoms with Crippen LogP contribution < -0.4 is 0 Å². The molecule has 3 aliphatic carbocycles. The first-order valence-corrected chi connectivity index (χ1v) is 11.9. The summed E-state index contributed by atoms with van der Waals surface area (Å²) in [5, 5.41) is 27.9. The fourth-order valence-electron chi connectivity index (χ4n) is 5.52. The lowest BCUT2D eigenvalue weighted by atomic mass is 9.58. The van der Waals surface area contributed by atoms with Crippen molar-refractivity contribution in [1.29, 1.82) is 0 Å². The first-order chi connectivity index (χ1) is 17.5. The summed E-state index contributed by atoms with van der Waals surface area (Å²) in [6.45, 7) is -0.173. The first kappa shape index (κ1) is 22.8. The van der Waals surface area contributed by atoms with Crippen LogP contribution in [0.4, 0.5) is 8.78 Å². The maximum absolute atomic E-state index is 14.4. The average Bonchev–Trinajstić information content (AvgIpc) is 3.40. The van der Waals surface area contributed by atoms with E-state index >= 15 is 0 Å². The number of aromatic nitrogens is 5. The van der Waals surface area contributed by atoms with Crippen molar-refractivity contribution in [2.24, 2.45) is 0 Å². The van der Waals surface area contributed by atoms with E-state index in [2.05, 4.69) is 20.2 Å². The Labute approximate surface area is 205 Å². The zero-order chi connectivity index (χ0) is 24.9. The average molecular weight is 491 g/mol. The molecule has 1 atom stereocenters. The summed E-state index contributed by atoms with van der Waals surface area (Å²) < 4.78 is 34.4. The third-order valence-electron chi connectivity index (χ3n) is 7.38. The Morgan fingerprint density at radius 1 is 1.06 bits per heavy atom. The Balaban J connectivity index is 1.40. The molecule has 0 radical (unpaired) electrons. The first-order valence-electron chi connectivity index (χ1n) is 11.9. The molecule has 10 heteroatoms. The maximum atomic E-state index is 14.4. The molecule has 1 fully saturated rings. The van der Waals surface area contributed by atoms with Crippen LogP contribution in [0.1, 0.15) is 66.8 Å². The van der Waals surface area contributed by atoms with Crippen LogP contribution in [0.5, 0.6) is 0 Å². The number of aliphatic hydroxyl groups is 2. The molecule has 3 aromatic heterocycles. The Morgan fingerprint density at radius 2 is 1.83 bits per heavy atom. The number of fused-ring (bicyclic) bond motifs is 2. The minimum absolute atomic E-state index is 0.149. The molecule has 8 nitrogen and oxygen atoms in total. The lowest BCUT2D eigenvalue weighted by molar-refractivity contribution is 0.130. The lowest BCUT2D eigenvalue weighted by Crippen LogP contribution is -2.41. The summed E-state index contributed by atoms with van der Waals surface area (Å²) in [4.78, 5) is 13.5.